The first kappa shape index (κ1) is 12.8. The Hall–Kier alpha value is -1.61. The van der Waals surface area contributed by atoms with Crippen LogP contribution in [0.2, 0.25) is 0 Å². The third-order valence-electron chi connectivity index (χ3n) is 2.74. The van der Waals surface area contributed by atoms with Gasteiger partial charge in [0.25, 0.3) is 0 Å². The predicted molar refractivity (Wildman–Crippen MR) is 70.4 cm³/mol. The van der Waals surface area contributed by atoms with E-state index < -0.39 is 0 Å². The molecule has 0 saturated carbocycles. The summed E-state index contributed by atoms with van der Waals surface area (Å²) in [5.41, 5.74) is 1.87. The Labute approximate surface area is 110 Å². The Morgan fingerprint density at radius 3 is 2.28 bits per heavy atom. The van der Waals surface area contributed by atoms with E-state index in [0.29, 0.717) is 11.4 Å². The average molecular weight is 268 g/mol. The standard InChI is InChI=1S/C14H12ClF2N/c1-18(12-5-3-11(16)4-6-12)14-7-2-10(9-15)8-13(14)17/h2-8H,9H2,1H3. The Morgan fingerprint density at radius 2 is 1.72 bits per heavy atom. The van der Waals surface area contributed by atoms with Crippen LogP contribution in [-0.4, -0.2) is 7.05 Å². The Balaban J connectivity index is 2.33. The summed E-state index contributed by atoms with van der Waals surface area (Å²) < 4.78 is 26.7. The van der Waals surface area contributed by atoms with Crippen LogP contribution < -0.4 is 4.90 Å². The van der Waals surface area contributed by atoms with Crippen LogP contribution in [0.15, 0.2) is 42.5 Å². The van der Waals surface area contributed by atoms with Gasteiger partial charge in [-0.2, -0.15) is 0 Å². The maximum atomic E-state index is 13.9. The van der Waals surface area contributed by atoms with Gasteiger partial charge >= 0.3 is 0 Å². The molecule has 0 amide bonds. The van der Waals surface area contributed by atoms with Gasteiger partial charge in [0.1, 0.15) is 11.6 Å². The number of benzene rings is 2. The van der Waals surface area contributed by atoms with Gasteiger partial charge in [0.2, 0.25) is 0 Å². The van der Waals surface area contributed by atoms with Crippen LogP contribution in [0, 0.1) is 11.6 Å². The van der Waals surface area contributed by atoms with Gasteiger partial charge in [-0.1, -0.05) is 6.07 Å². The van der Waals surface area contributed by atoms with E-state index in [2.05, 4.69) is 0 Å². The molecule has 0 spiro atoms. The maximum absolute atomic E-state index is 13.9. The second-order valence-corrected chi connectivity index (χ2v) is 4.22. The summed E-state index contributed by atoms with van der Waals surface area (Å²) in [6.45, 7) is 0. The zero-order chi connectivity index (χ0) is 13.1. The molecule has 2 rings (SSSR count). The third-order valence-corrected chi connectivity index (χ3v) is 3.05. The Morgan fingerprint density at radius 1 is 1.06 bits per heavy atom. The first-order chi connectivity index (χ1) is 8.61. The van der Waals surface area contributed by atoms with Gasteiger partial charge in [-0.05, 0) is 42.0 Å². The summed E-state index contributed by atoms with van der Waals surface area (Å²) >= 11 is 5.64. The first-order valence-corrected chi connectivity index (χ1v) is 5.99. The van der Waals surface area contributed by atoms with Crippen molar-refractivity contribution < 1.29 is 8.78 Å². The van der Waals surface area contributed by atoms with E-state index in [1.165, 1.54) is 18.2 Å². The molecule has 0 N–H and O–H groups in total. The molecule has 0 heterocycles. The second kappa shape index (κ2) is 5.36. The maximum Gasteiger partial charge on any atom is 0.147 e. The molecule has 0 bridgehead atoms. The fraction of sp³-hybridized carbons (Fsp3) is 0.143. The highest BCUT2D eigenvalue weighted by Crippen LogP contribution is 2.27. The van der Waals surface area contributed by atoms with E-state index in [1.54, 1.807) is 36.2 Å². The lowest BCUT2D eigenvalue weighted by Crippen LogP contribution is -2.11. The van der Waals surface area contributed by atoms with Crippen molar-refractivity contribution in [1.82, 2.24) is 0 Å². The molecule has 0 atom stereocenters. The molecule has 0 unspecified atom stereocenters. The summed E-state index contributed by atoms with van der Waals surface area (Å²) in [5.74, 6) is -0.387. The van der Waals surface area contributed by atoms with Crippen molar-refractivity contribution in [3.8, 4) is 0 Å². The molecule has 0 fully saturated rings. The topological polar surface area (TPSA) is 3.24 Å². The van der Waals surface area contributed by atoms with Gasteiger partial charge in [0.05, 0.1) is 5.69 Å². The SMILES string of the molecule is CN(c1ccc(F)cc1)c1ccc(CCl)cc1F. The van der Waals surface area contributed by atoms with Crippen LogP contribution in [0.3, 0.4) is 0 Å². The molecule has 18 heavy (non-hydrogen) atoms. The molecular weight excluding hydrogens is 256 g/mol. The monoisotopic (exact) mass is 267 g/mol. The highest BCUT2D eigenvalue weighted by molar-refractivity contribution is 6.17. The van der Waals surface area contributed by atoms with Crippen molar-refractivity contribution >= 4 is 23.0 Å². The van der Waals surface area contributed by atoms with E-state index in [0.717, 1.165) is 5.56 Å². The highest BCUT2D eigenvalue weighted by Gasteiger charge is 2.10. The molecule has 4 heteroatoms. The van der Waals surface area contributed by atoms with E-state index >= 15 is 0 Å². The molecule has 0 aliphatic rings. The van der Waals surface area contributed by atoms with Crippen molar-refractivity contribution in [3.05, 3.63) is 59.7 Å². The fourth-order valence-corrected chi connectivity index (χ4v) is 1.88. The lowest BCUT2D eigenvalue weighted by molar-refractivity contribution is 0.625. The van der Waals surface area contributed by atoms with Gasteiger partial charge in [-0.25, -0.2) is 8.78 Å². The lowest BCUT2D eigenvalue weighted by atomic mass is 10.2. The number of halogens is 3. The number of hydrogen-bond acceptors (Lipinski definition) is 1. The van der Waals surface area contributed by atoms with Crippen molar-refractivity contribution in [1.29, 1.82) is 0 Å². The quantitative estimate of drug-likeness (QED) is 0.742. The number of rotatable bonds is 3. The molecular formula is C14H12ClF2N. The number of nitrogens with zero attached hydrogens (tertiary/aromatic N) is 1. The summed E-state index contributed by atoms with van der Waals surface area (Å²) in [6, 6.07) is 10.7. The highest BCUT2D eigenvalue weighted by atomic mass is 35.5. The van der Waals surface area contributed by atoms with E-state index in [9.17, 15) is 8.78 Å². The summed E-state index contributed by atoms with van der Waals surface area (Å²) in [6.07, 6.45) is 0. The molecule has 0 aliphatic heterocycles. The minimum Gasteiger partial charge on any atom is -0.342 e. The van der Waals surface area contributed by atoms with Crippen LogP contribution >= 0.6 is 11.6 Å². The number of anilines is 2. The minimum atomic E-state index is -0.347. The van der Waals surface area contributed by atoms with Crippen molar-refractivity contribution in [2.45, 2.75) is 5.88 Å². The number of hydrogen-bond donors (Lipinski definition) is 0. The fourth-order valence-electron chi connectivity index (χ4n) is 1.71. The van der Waals surface area contributed by atoms with Gasteiger partial charge in [0, 0.05) is 18.6 Å². The molecule has 0 aliphatic carbocycles. The smallest absolute Gasteiger partial charge is 0.147 e. The van der Waals surface area contributed by atoms with E-state index in [1.807, 2.05) is 0 Å². The van der Waals surface area contributed by atoms with Crippen molar-refractivity contribution in [2.75, 3.05) is 11.9 Å². The van der Waals surface area contributed by atoms with Crippen LogP contribution in [0.1, 0.15) is 5.56 Å². The zero-order valence-electron chi connectivity index (χ0n) is 9.83. The largest absolute Gasteiger partial charge is 0.342 e. The van der Waals surface area contributed by atoms with Gasteiger partial charge in [0.15, 0.2) is 0 Å². The third kappa shape index (κ3) is 2.62. The van der Waals surface area contributed by atoms with E-state index in [4.69, 9.17) is 11.6 Å². The summed E-state index contributed by atoms with van der Waals surface area (Å²) in [5, 5.41) is 0. The van der Waals surface area contributed by atoms with Crippen LogP contribution in [0.4, 0.5) is 20.2 Å². The average Bonchev–Trinajstić information content (AvgIpc) is 2.38. The van der Waals surface area contributed by atoms with Crippen LogP contribution in [-0.2, 0) is 5.88 Å². The van der Waals surface area contributed by atoms with E-state index in [-0.39, 0.29) is 17.5 Å². The normalized spacial score (nSPS) is 10.4. The Bertz CT molecular complexity index is 540. The molecule has 2 aromatic rings. The molecule has 0 aromatic heterocycles. The van der Waals surface area contributed by atoms with Crippen LogP contribution in [0.25, 0.3) is 0 Å². The molecule has 0 saturated heterocycles. The van der Waals surface area contributed by atoms with Crippen molar-refractivity contribution in [3.63, 3.8) is 0 Å². The summed E-state index contributed by atoms with van der Waals surface area (Å²) in [4.78, 5) is 1.66. The van der Waals surface area contributed by atoms with Crippen LogP contribution in [0.5, 0.6) is 0 Å². The predicted octanol–water partition coefficient (Wildman–Crippen LogP) is 4.47. The molecule has 94 valence electrons. The molecule has 1 nitrogen and oxygen atoms in total. The second-order valence-electron chi connectivity index (χ2n) is 3.95. The summed E-state index contributed by atoms with van der Waals surface area (Å²) in [7, 11) is 1.73. The van der Waals surface area contributed by atoms with Gasteiger partial charge in [-0.3, -0.25) is 0 Å². The first-order valence-electron chi connectivity index (χ1n) is 5.45. The molecule has 2 aromatic carbocycles. The van der Waals surface area contributed by atoms with Gasteiger partial charge in [-0.15, -0.1) is 11.6 Å². The molecule has 0 radical (unpaired) electrons. The lowest BCUT2D eigenvalue weighted by Gasteiger charge is -2.20. The number of alkyl halides is 1. The minimum absolute atomic E-state index is 0.275. The zero-order valence-corrected chi connectivity index (χ0v) is 10.6. The van der Waals surface area contributed by atoms with Crippen molar-refractivity contribution in [2.24, 2.45) is 0 Å². The Kier molecular flexibility index (Phi) is 3.82. The van der Waals surface area contributed by atoms with Gasteiger partial charge < -0.3 is 4.90 Å².